The minimum Gasteiger partial charge on any atom is -0.496 e. The molecule has 0 saturated heterocycles. The molecule has 0 aliphatic rings. The van der Waals surface area contributed by atoms with Gasteiger partial charge in [0.05, 0.1) is 14.2 Å². The Morgan fingerprint density at radius 3 is 2.29 bits per heavy atom. The van der Waals surface area contributed by atoms with Crippen LogP contribution in [0, 0.1) is 6.92 Å². The molecular weight excluding hydrogens is 396 g/mol. The monoisotopic (exact) mass is 426 g/mol. The maximum Gasteiger partial charge on any atom is 0.332 e. The molecule has 0 spiro atoms. The maximum atomic E-state index is 13.1. The number of ether oxygens (including phenoxy) is 2. The largest absolute Gasteiger partial charge is 0.496 e. The molecule has 3 aromatic rings. The fraction of sp³-hybridized carbons (Fsp3) is 0.435. The van der Waals surface area contributed by atoms with Crippen LogP contribution < -0.4 is 20.7 Å². The van der Waals surface area contributed by atoms with E-state index in [4.69, 9.17) is 9.47 Å². The second-order valence-electron chi connectivity index (χ2n) is 7.44. The van der Waals surface area contributed by atoms with Gasteiger partial charge >= 0.3 is 5.69 Å². The summed E-state index contributed by atoms with van der Waals surface area (Å²) >= 11 is 0. The van der Waals surface area contributed by atoms with E-state index in [0.717, 1.165) is 23.3 Å². The topological polar surface area (TPSA) is 80.3 Å². The van der Waals surface area contributed by atoms with E-state index in [1.54, 1.807) is 30.4 Å². The Labute approximate surface area is 181 Å². The normalized spacial score (nSPS) is 11.5. The predicted molar refractivity (Wildman–Crippen MR) is 123 cm³/mol. The molecule has 0 aliphatic heterocycles. The van der Waals surface area contributed by atoms with Gasteiger partial charge < -0.3 is 14.0 Å². The number of aryl methyl sites for hydroxylation is 2. The molecular formula is C23H30N4O4. The summed E-state index contributed by atoms with van der Waals surface area (Å²) in [7, 11) is 5.04. The molecule has 0 radical (unpaired) electrons. The first kappa shape index (κ1) is 22.4. The van der Waals surface area contributed by atoms with Crippen molar-refractivity contribution in [2.24, 2.45) is 7.05 Å². The molecule has 0 aliphatic carbocycles. The summed E-state index contributed by atoms with van der Waals surface area (Å²) in [5, 5.41) is 0. The zero-order chi connectivity index (χ0) is 22.7. The van der Waals surface area contributed by atoms with Crippen LogP contribution in [-0.2, 0) is 20.1 Å². The molecule has 0 saturated carbocycles. The quantitative estimate of drug-likeness (QED) is 0.553. The fourth-order valence-electron chi connectivity index (χ4n) is 3.86. The zero-order valence-corrected chi connectivity index (χ0v) is 19.1. The molecule has 2 aromatic heterocycles. The molecule has 0 N–H and O–H groups in total. The highest BCUT2D eigenvalue weighted by Crippen LogP contribution is 2.32. The SMILES string of the molecule is CCCn1c(=O)c2c(nc(/C=C/c3ccc(OC)c(C)c3OC)n2C)n(CCC)c1=O. The summed E-state index contributed by atoms with van der Waals surface area (Å²) in [6.45, 7) is 6.77. The Balaban J connectivity index is 2.19. The van der Waals surface area contributed by atoms with E-state index in [0.29, 0.717) is 42.2 Å². The first-order valence-electron chi connectivity index (χ1n) is 10.5. The molecule has 166 valence electrons. The van der Waals surface area contributed by atoms with Crippen LogP contribution in [-0.4, -0.2) is 32.9 Å². The van der Waals surface area contributed by atoms with E-state index >= 15 is 0 Å². The van der Waals surface area contributed by atoms with Gasteiger partial charge in [-0.25, -0.2) is 9.78 Å². The molecule has 8 nitrogen and oxygen atoms in total. The predicted octanol–water partition coefficient (Wildman–Crippen LogP) is 3.21. The smallest absolute Gasteiger partial charge is 0.332 e. The molecule has 0 atom stereocenters. The van der Waals surface area contributed by atoms with Gasteiger partial charge in [0.15, 0.2) is 11.2 Å². The average molecular weight is 427 g/mol. The minimum atomic E-state index is -0.304. The standard InChI is InChI=1S/C23H30N4O4/c1-7-13-26-21-19(22(28)27(14-8-2)23(26)29)25(4)18(24-21)12-10-16-9-11-17(30-5)15(3)20(16)31-6/h9-12H,7-8,13-14H2,1-6H3/b12-10+. The second-order valence-corrected chi connectivity index (χ2v) is 7.44. The Morgan fingerprint density at radius 1 is 1.00 bits per heavy atom. The van der Waals surface area contributed by atoms with E-state index in [9.17, 15) is 9.59 Å². The van der Waals surface area contributed by atoms with E-state index < -0.39 is 0 Å². The lowest BCUT2D eigenvalue weighted by Gasteiger charge is -2.12. The first-order chi connectivity index (χ1) is 14.9. The van der Waals surface area contributed by atoms with Gasteiger partial charge in [-0.1, -0.05) is 13.8 Å². The van der Waals surface area contributed by atoms with Gasteiger partial charge in [0.1, 0.15) is 17.3 Å². The van der Waals surface area contributed by atoms with Gasteiger partial charge in [-0.2, -0.15) is 0 Å². The molecule has 1 aromatic carbocycles. The Morgan fingerprint density at radius 2 is 1.68 bits per heavy atom. The molecule has 8 heteroatoms. The van der Waals surface area contributed by atoms with Crippen molar-refractivity contribution in [3.8, 4) is 11.5 Å². The average Bonchev–Trinajstić information content (AvgIpc) is 3.09. The van der Waals surface area contributed by atoms with Crippen LogP contribution in [0.2, 0.25) is 0 Å². The van der Waals surface area contributed by atoms with Crippen molar-refractivity contribution in [1.29, 1.82) is 0 Å². The van der Waals surface area contributed by atoms with Crippen molar-refractivity contribution >= 4 is 23.3 Å². The molecule has 31 heavy (non-hydrogen) atoms. The van der Waals surface area contributed by atoms with E-state index in [2.05, 4.69) is 4.98 Å². The highest BCUT2D eigenvalue weighted by atomic mass is 16.5. The lowest BCUT2D eigenvalue weighted by atomic mass is 10.1. The van der Waals surface area contributed by atoms with Gasteiger partial charge in [0.25, 0.3) is 5.56 Å². The molecule has 0 bridgehead atoms. The lowest BCUT2D eigenvalue weighted by Crippen LogP contribution is -2.40. The number of hydrogen-bond donors (Lipinski definition) is 0. The minimum absolute atomic E-state index is 0.303. The summed E-state index contributed by atoms with van der Waals surface area (Å²) in [6, 6.07) is 3.79. The van der Waals surface area contributed by atoms with Crippen molar-refractivity contribution in [2.45, 2.75) is 46.7 Å². The van der Waals surface area contributed by atoms with Crippen LogP contribution in [0.3, 0.4) is 0 Å². The third-order valence-corrected chi connectivity index (χ3v) is 5.39. The highest BCUT2D eigenvalue weighted by Gasteiger charge is 2.18. The molecule has 0 fully saturated rings. The zero-order valence-electron chi connectivity index (χ0n) is 19.1. The Hall–Kier alpha value is -3.29. The summed E-state index contributed by atoms with van der Waals surface area (Å²) in [5.74, 6) is 2.04. The van der Waals surface area contributed by atoms with Crippen molar-refractivity contribution in [2.75, 3.05) is 14.2 Å². The van der Waals surface area contributed by atoms with Crippen LogP contribution in [0.1, 0.15) is 43.6 Å². The molecule has 0 amide bonds. The van der Waals surface area contributed by atoms with Gasteiger partial charge in [-0.15, -0.1) is 0 Å². The van der Waals surface area contributed by atoms with Gasteiger partial charge in [0, 0.05) is 31.3 Å². The van der Waals surface area contributed by atoms with Crippen LogP contribution in [0.4, 0.5) is 0 Å². The summed E-state index contributed by atoms with van der Waals surface area (Å²) in [5.41, 5.74) is 2.01. The van der Waals surface area contributed by atoms with Crippen LogP contribution in [0.15, 0.2) is 21.7 Å². The summed E-state index contributed by atoms with van der Waals surface area (Å²) < 4.78 is 15.6. The van der Waals surface area contributed by atoms with Crippen molar-refractivity contribution < 1.29 is 9.47 Å². The third kappa shape index (κ3) is 3.89. The highest BCUT2D eigenvalue weighted by molar-refractivity contribution is 5.78. The van der Waals surface area contributed by atoms with E-state index in [1.807, 2.05) is 45.1 Å². The van der Waals surface area contributed by atoms with Crippen molar-refractivity contribution in [1.82, 2.24) is 18.7 Å². The maximum absolute atomic E-state index is 13.1. The van der Waals surface area contributed by atoms with Gasteiger partial charge in [0.2, 0.25) is 0 Å². The second kappa shape index (κ2) is 9.24. The lowest BCUT2D eigenvalue weighted by molar-refractivity contribution is 0.388. The van der Waals surface area contributed by atoms with Gasteiger partial charge in [-0.3, -0.25) is 13.9 Å². The number of nitrogens with zero attached hydrogens (tertiary/aromatic N) is 4. The van der Waals surface area contributed by atoms with Crippen LogP contribution in [0.5, 0.6) is 11.5 Å². The number of fused-ring (bicyclic) bond motifs is 1. The number of methoxy groups -OCH3 is 2. The fourth-order valence-corrected chi connectivity index (χ4v) is 3.86. The number of imidazole rings is 1. The number of aromatic nitrogens is 4. The third-order valence-electron chi connectivity index (χ3n) is 5.39. The number of benzene rings is 1. The first-order valence-corrected chi connectivity index (χ1v) is 10.5. The summed E-state index contributed by atoms with van der Waals surface area (Å²) in [6.07, 6.45) is 5.19. The Bertz CT molecular complexity index is 1250. The van der Waals surface area contributed by atoms with Gasteiger partial charge in [-0.05, 0) is 44.1 Å². The number of rotatable bonds is 8. The molecule has 0 unspecified atom stereocenters. The van der Waals surface area contributed by atoms with Crippen molar-refractivity contribution in [3.05, 3.63) is 49.9 Å². The van der Waals surface area contributed by atoms with Crippen LogP contribution in [0.25, 0.3) is 23.3 Å². The van der Waals surface area contributed by atoms with E-state index in [-0.39, 0.29) is 11.2 Å². The summed E-state index contributed by atoms with van der Waals surface area (Å²) in [4.78, 5) is 30.6. The Kier molecular flexibility index (Phi) is 6.68. The van der Waals surface area contributed by atoms with Crippen molar-refractivity contribution in [3.63, 3.8) is 0 Å². The number of hydrogen-bond acceptors (Lipinski definition) is 5. The van der Waals surface area contributed by atoms with E-state index in [1.165, 1.54) is 4.57 Å². The molecule has 2 heterocycles. The molecule has 3 rings (SSSR count). The van der Waals surface area contributed by atoms with Crippen LogP contribution >= 0.6 is 0 Å².